The Kier molecular flexibility index (Phi) is 5.11. The molecule has 0 radical (unpaired) electrons. The fourth-order valence-electron chi connectivity index (χ4n) is 3.04. The molecule has 1 fully saturated rings. The van der Waals surface area contributed by atoms with Crippen LogP contribution >= 0.6 is 0 Å². The lowest BCUT2D eigenvalue weighted by atomic mass is 10.1. The van der Waals surface area contributed by atoms with Crippen LogP contribution in [0.1, 0.15) is 38.7 Å². The highest BCUT2D eigenvalue weighted by molar-refractivity contribution is 5.95. The largest absolute Gasteiger partial charge is 0.476 e. The minimum absolute atomic E-state index is 0.0257. The minimum Gasteiger partial charge on any atom is -0.476 e. The molecule has 0 unspecified atom stereocenters. The topological polar surface area (TPSA) is 99.5 Å². The van der Waals surface area contributed by atoms with Crippen molar-refractivity contribution in [3.8, 4) is 0 Å². The third-order valence-corrected chi connectivity index (χ3v) is 4.40. The maximum atomic E-state index is 12.8. The number of aryl methyl sites for hydroxylation is 2. The molecule has 0 aliphatic carbocycles. The molecule has 0 bridgehead atoms. The van der Waals surface area contributed by atoms with Gasteiger partial charge in [-0.25, -0.2) is 9.78 Å². The molecule has 2 aromatic rings. The van der Waals surface area contributed by atoms with E-state index in [0.29, 0.717) is 37.6 Å². The molecule has 3 rings (SSSR count). The van der Waals surface area contributed by atoms with Gasteiger partial charge in [-0.1, -0.05) is 0 Å². The zero-order valence-corrected chi connectivity index (χ0v) is 14.8. The van der Waals surface area contributed by atoms with E-state index in [0.717, 1.165) is 17.8 Å². The molecule has 8 heteroatoms. The van der Waals surface area contributed by atoms with Crippen LogP contribution in [-0.4, -0.2) is 63.0 Å². The Bertz CT molecular complexity index is 839. The van der Waals surface area contributed by atoms with Gasteiger partial charge in [-0.15, -0.1) is 0 Å². The summed E-state index contributed by atoms with van der Waals surface area (Å²) in [5.74, 6) is -0.608. The SMILES string of the molecule is Cc1ccc(C(=O)N2CCCN(c3cncc(C(=O)O)n3)CC2)c(C)n1. The first-order chi connectivity index (χ1) is 12.5. The molecule has 136 valence electrons. The van der Waals surface area contributed by atoms with Crippen LogP contribution in [0.2, 0.25) is 0 Å². The van der Waals surface area contributed by atoms with Crippen molar-refractivity contribution in [1.29, 1.82) is 0 Å². The Hall–Kier alpha value is -3.03. The maximum Gasteiger partial charge on any atom is 0.356 e. The second-order valence-corrected chi connectivity index (χ2v) is 6.29. The van der Waals surface area contributed by atoms with E-state index in [2.05, 4.69) is 15.0 Å². The van der Waals surface area contributed by atoms with Crippen molar-refractivity contribution in [2.45, 2.75) is 20.3 Å². The van der Waals surface area contributed by atoms with Gasteiger partial charge in [0, 0.05) is 31.9 Å². The highest BCUT2D eigenvalue weighted by Gasteiger charge is 2.23. The van der Waals surface area contributed by atoms with E-state index >= 15 is 0 Å². The zero-order chi connectivity index (χ0) is 18.7. The molecule has 1 aliphatic rings. The van der Waals surface area contributed by atoms with Crippen LogP contribution in [0.15, 0.2) is 24.5 Å². The number of hydrogen-bond acceptors (Lipinski definition) is 6. The van der Waals surface area contributed by atoms with Gasteiger partial charge in [-0.2, -0.15) is 0 Å². The number of pyridine rings is 1. The number of carbonyl (C=O) groups is 2. The highest BCUT2D eigenvalue weighted by Crippen LogP contribution is 2.16. The predicted molar refractivity (Wildman–Crippen MR) is 95.4 cm³/mol. The molecule has 1 aliphatic heterocycles. The number of rotatable bonds is 3. The summed E-state index contributed by atoms with van der Waals surface area (Å²) in [6.07, 6.45) is 3.55. The number of carbonyl (C=O) groups excluding carboxylic acids is 1. The molecule has 1 N–H and O–H groups in total. The third kappa shape index (κ3) is 3.79. The monoisotopic (exact) mass is 355 g/mol. The van der Waals surface area contributed by atoms with Gasteiger partial charge < -0.3 is 14.9 Å². The number of carboxylic acid groups (broad SMARTS) is 1. The average Bonchev–Trinajstić information content (AvgIpc) is 2.87. The molecule has 1 saturated heterocycles. The minimum atomic E-state index is -1.10. The normalized spacial score (nSPS) is 14.8. The van der Waals surface area contributed by atoms with E-state index < -0.39 is 5.97 Å². The van der Waals surface area contributed by atoms with Gasteiger partial charge in [-0.3, -0.25) is 14.8 Å². The van der Waals surface area contributed by atoms with E-state index in [4.69, 9.17) is 5.11 Å². The van der Waals surface area contributed by atoms with Crippen LogP contribution in [0.25, 0.3) is 0 Å². The summed E-state index contributed by atoms with van der Waals surface area (Å²) < 4.78 is 0. The van der Waals surface area contributed by atoms with Crippen molar-refractivity contribution in [2.24, 2.45) is 0 Å². The van der Waals surface area contributed by atoms with Crippen LogP contribution in [0.4, 0.5) is 5.82 Å². The van der Waals surface area contributed by atoms with E-state index in [9.17, 15) is 9.59 Å². The lowest BCUT2D eigenvalue weighted by Crippen LogP contribution is -2.36. The molecule has 0 atom stereocenters. The Labute approximate surface area is 151 Å². The summed E-state index contributed by atoms with van der Waals surface area (Å²) in [4.78, 5) is 40.2. The van der Waals surface area contributed by atoms with E-state index in [1.807, 2.05) is 35.8 Å². The van der Waals surface area contributed by atoms with Crippen LogP contribution in [0, 0.1) is 13.8 Å². The number of carboxylic acids is 1. The molecular weight excluding hydrogens is 334 g/mol. The first-order valence-electron chi connectivity index (χ1n) is 8.49. The van der Waals surface area contributed by atoms with E-state index in [1.165, 1.54) is 6.20 Å². The lowest BCUT2D eigenvalue weighted by Gasteiger charge is -2.23. The maximum absolute atomic E-state index is 12.8. The average molecular weight is 355 g/mol. The van der Waals surface area contributed by atoms with Crippen molar-refractivity contribution < 1.29 is 14.7 Å². The van der Waals surface area contributed by atoms with Crippen LogP contribution in [0.3, 0.4) is 0 Å². The second kappa shape index (κ2) is 7.47. The summed E-state index contributed by atoms with van der Waals surface area (Å²) in [5, 5.41) is 9.07. The highest BCUT2D eigenvalue weighted by atomic mass is 16.4. The molecule has 2 aromatic heterocycles. The molecule has 3 heterocycles. The molecular formula is C18H21N5O3. The van der Waals surface area contributed by atoms with E-state index in [1.54, 1.807) is 6.20 Å². The lowest BCUT2D eigenvalue weighted by molar-refractivity contribution is 0.0689. The first kappa shape index (κ1) is 17.8. The molecule has 0 spiro atoms. The third-order valence-electron chi connectivity index (χ3n) is 4.40. The summed E-state index contributed by atoms with van der Waals surface area (Å²) in [6.45, 7) is 6.17. The number of aromatic nitrogens is 3. The van der Waals surface area contributed by atoms with Crippen LogP contribution in [0.5, 0.6) is 0 Å². The molecule has 26 heavy (non-hydrogen) atoms. The van der Waals surface area contributed by atoms with Gasteiger partial charge in [0.25, 0.3) is 5.91 Å². The van der Waals surface area contributed by atoms with Crippen molar-refractivity contribution in [2.75, 3.05) is 31.1 Å². The summed E-state index contributed by atoms with van der Waals surface area (Å²) in [6, 6.07) is 3.67. The number of aromatic carboxylic acids is 1. The summed E-state index contributed by atoms with van der Waals surface area (Å²) in [7, 11) is 0. The second-order valence-electron chi connectivity index (χ2n) is 6.29. The zero-order valence-electron chi connectivity index (χ0n) is 14.8. The number of anilines is 1. The van der Waals surface area contributed by atoms with Crippen molar-refractivity contribution in [3.63, 3.8) is 0 Å². The number of hydrogen-bond donors (Lipinski definition) is 1. The Morgan fingerprint density at radius 2 is 1.85 bits per heavy atom. The van der Waals surface area contributed by atoms with Gasteiger partial charge in [0.2, 0.25) is 0 Å². The van der Waals surface area contributed by atoms with Gasteiger partial charge in [0.1, 0.15) is 5.82 Å². The standard InChI is InChI=1S/C18H21N5O3/c1-12-4-5-14(13(2)20-12)17(24)23-7-3-6-22(8-9-23)16-11-19-10-15(21-16)18(25)26/h4-5,10-11H,3,6-9H2,1-2H3,(H,25,26). The number of amides is 1. The Morgan fingerprint density at radius 3 is 2.58 bits per heavy atom. The molecule has 1 amide bonds. The van der Waals surface area contributed by atoms with Crippen molar-refractivity contribution >= 4 is 17.7 Å². The summed E-state index contributed by atoms with van der Waals surface area (Å²) >= 11 is 0. The van der Waals surface area contributed by atoms with Gasteiger partial charge in [0.05, 0.1) is 23.7 Å². The fourth-order valence-corrected chi connectivity index (χ4v) is 3.04. The Morgan fingerprint density at radius 1 is 1.04 bits per heavy atom. The molecule has 8 nitrogen and oxygen atoms in total. The smallest absolute Gasteiger partial charge is 0.356 e. The van der Waals surface area contributed by atoms with Gasteiger partial charge >= 0.3 is 5.97 Å². The quantitative estimate of drug-likeness (QED) is 0.891. The predicted octanol–water partition coefficient (Wildman–Crippen LogP) is 1.54. The van der Waals surface area contributed by atoms with Gasteiger partial charge in [0.15, 0.2) is 5.69 Å². The fraction of sp³-hybridized carbons (Fsp3) is 0.389. The summed E-state index contributed by atoms with van der Waals surface area (Å²) in [5.41, 5.74) is 2.16. The van der Waals surface area contributed by atoms with E-state index in [-0.39, 0.29) is 11.6 Å². The number of nitrogens with zero attached hydrogens (tertiary/aromatic N) is 5. The molecule has 0 aromatic carbocycles. The van der Waals surface area contributed by atoms with Crippen molar-refractivity contribution in [3.05, 3.63) is 47.2 Å². The van der Waals surface area contributed by atoms with Gasteiger partial charge in [-0.05, 0) is 32.4 Å². The molecule has 0 saturated carbocycles. The van der Waals surface area contributed by atoms with Crippen molar-refractivity contribution in [1.82, 2.24) is 19.9 Å². The van der Waals surface area contributed by atoms with Crippen LogP contribution < -0.4 is 4.90 Å². The first-order valence-corrected chi connectivity index (χ1v) is 8.49. The van der Waals surface area contributed by atoms with Crippen LogP contribution in [-0.2, 0) is 0 Å². The Balaban J connectivity index is 1.73.